The molecule has 0 saturated heterocycles. The molecule has 0 saturated carbocycles. The molecule has 2 aromatic carbocycles. The number of nitrogens with one attached hydrogen (secondary N) is 1. The Morgan fingerprint density at radius 2 is 1.74 bits per heavy atom. The average molecular weight is 495 g/mol. The van der Waals surface area contributed by atoms with Crippen molar-refractivity contribution in [2.45, 2.75) is 45.8 Å². The summed E-state index contributed by atoms with van der Waals surface area (Å²) in [6.07, 6.45) is 0. The molecular formula is C21H26INO3Si. The first-order valence-electron chi connectivity index (χ1n) is 9.13. The molecule has 0 fully saturated rings. The maximum atomic E-state index is 12.3. The molecule has 0 aliphatic carbocycles. The molecule has 27 heavy (non-hydrogen) atoms. The van der Waals surface area contributed by atoms with Gasteiger partial charge in [-0.15, -0.1) is 0 Å². The maximum Gasteiger partial charge on any atom is 0.252 e. The minimum Gasteiger partial charge on any atom is -0.544 e. The van der Waals surface area contributed by atoms with E-state index in [1.54, 1.807) is 7.11 Å². The summed E-state index contributed by atoms with van der Waals surface area (Å²) in [5.41, 5.74) is 4.89. The normalized spacial score (nSPS) is 13.6. The molecule has 0 atom stereocenters. The molecule has 144 valence electrons. The van der Waals surface area contributed by atoms with Gasteiger partial charge in [-0.1, -0.05) is 39.0 Å². The van der Waals surface area contributed by atoms with Crippen LogP contribution in [0.1, 0.15) is 42.3 Å². The fourth-order valence-electron chi connectivity index (χ4n) is 3.48. The smallest absolute Gasteiger partial charge is 0.252 e. The Balaban J connectivity index is 2.30. The highest BCUT2D eigenvalue weighted by molar-refractivity contribution is 14.1. The van der Waals surface area contributed by atoms with Gasteiger partial charge in [0, 0.05) is 21.2 Å². The van der Waals surface area contributed by atoms with E-state index in [4.69, 9.17) is 9.16 Å². The van der Waals surface area contributed by atoms with Crippen molar-refractivity contribution >= 4 is 37.5 Å². The fraction of sp³-hybridized carbons (Fsp3) is 0.381. The summed E-state index contributed by atoms with van der Waals surface area (Å²) in [5.74, 6) is 1.59. The van der Waals surface area contributed by atoms with Crippen molar-refractivity contribution in [1.82, 2.24) is 5.32 Å². The highest BCUT2D eigenvalue weighted by Gasteiger charge is 2.29. The Morgan fingerprint density at radius 3 is 2.33 bits per heavy atom. The molecule has 0 spiro atoms. The van der Waals surface area contributed by atoms with Crippen molar-refractivity contribution in [3.8, 4) is 22.6 Å². The second kappa shape index (κ2) is 7.47. The van der Waals surface area contributed by atoms with Gasteiger partial charge in [-0.2, -0.15) is 0 Å². The fourth-order valence-corrected chi connectivity index (χ4v) is 4.93. The van der Waals surface area contributed by atoms with E-state index >= 15 is 0 Å². The van der Waals surface area contributed by atoms with Crippen molar-refractivity contribution in [2.75, 3.05) is 7.11 Å². The van der Waals surface area contributed by atoms with Crippen LogP contribution in [-0.2, 0) is 12.0 Å². The standard InChI is InChI=1S/C21H26INO3Si/c1-21(2,3)15-9-7-13(18(19(15)25-4)26-27(5)6)12-8-10-16(22)17-14(12)11-23-20(17)24/h7-10,27H,11H2,1-6H3,(H,23,24). The minimum atomic E-state index is -1.37. The number of benzene rings is 2. The van der Waals surface area contributed by atoms with Gasteiger partial charge in [0.15, 0.2) is 11.5 Å². The van der Waals surface area contributed by atoms with Crippen LogP contribution in [0.25, 0.3) is 11.1 Å². The summed E-state index contributed by atoms with van der Waals surface area (Å²) in [4.78, 5) is 12.3. The van der Waals surface area contributed by atoms with Crippen LogP contribution in [0.5, 0.6) is 11.5 Å². The van der Waals surface area contributed by atoms with E-state index in [1.165, 1.54) is 0 Å². The zero-order valence-corrected chi connectivity index (χ0v) is 20.0. The van der Waals surface area contributed by atoms with E-state index < -0.39 is 9.04 Å². The second-order valence-corrected chi connectivity index (χ2v) is 11.6. The zero-order chi connectivity index (χ0) is 19.9. The highest BCUT2D eigenvalue weighted by atomic mass is 127. The van der Waals surface area contributed by atoms with Gasteiger partial charge in [0.05, 0.1) is 12.7 Å². The lowest BCUT2D eigenvalue weighted by Gasteiger charge is -2.27. The van der Waals surface area contributed by atoms with Crippen LogP contribution in [0.15, 0.2) is 24.3 Å². The molecular weight excluding hydrogens is 469 g/mol. The summed E-state index contributed by atoms with van der Waals surface area (Å²) in [6, 6.07) is 8.32. The molecule has 4 nitrogen and oxygen atoms in total. The molecule has 1 heterocycles. The number of halogens is 1. The molecule has 1 amide bonds. The Morgan fingerprint density at radius 1 is 1.07 bits per heavy atom. The van der Waals surface area contributed by atoms with Crippen molar-refractivity contribution in [3.63, 3.8) is 0 Å². The van der Waals surface area contributed by atoms with Crippen molar-refractivity contribution in [2.24, 2.45) is 0 Å². The minimum absolute atomic E-state index is 0.00442. The number of methoxy groups -OCH3 is 1. The molecule has 1 aliphatic rings. The molecule has 1 aliphatic heterocycles. The lowest BCUT2D eigenvalue weighted by molar-refractivity contribution is 0.0965. The van der Waals surface area contributed by atoms with Gasteiger partial charge in [-0.05, 0) is 58.3 Å². The Bertz CT molecular complexity index is 903. The van der Waals surface area contributed by atoms with E-state index in [0.29, 0.717) is 6.54 Å². The van der Waals surface area contributed by atoms with E-state index in [-0.39, 0.29) is 11.3 Å². The number of carbonyl (C=O) groups is 1. The van der Waals surface area contributed by atoms with Gasteiger partial charge in [-0.25, -0.2) is 0 Å². The van der Waals surface area contributed by atoms with Crippen LogP contribution in [0.4, 0.5) is 0 Å². The van der Waals surface area contributed by atoms with Crippen molar-refractivity contribution in [1.29, 1.82) is 0 Å². The van der Waals surface area contributed by atoms with Crippen LogP contribution in [0.2, 0.25) is 13.1 Å². The largest absolute Gasteiger partial charge is 0.544 e. The van der Waals surface area contributed by atoms with Gasteiger partial charge >= 0.3 is 0 Å². The van der Waals surface area contributed by atoms with Gasteiger partial charge in [0.2, 0.25) is 9.04 Å². The van der Waals surface area contributed by atoms with Crippen molar-refractivity contribution < 1.29 is 14.0 Å². The van der Waals surface area contributed by atoms with Crippen LogP contribution < -0.4 is 14.5 Å². The van der Waals surface area contributed by atoms with Crippen LogP contribution in [0, 0.1) is 3.57 Å². The number of carbonyl (C=O) groups excluding carboxylic acids is 1. The number of rotatable bonds is 4. The Labute approximate surface area is 176 Å². The Kier molecular flexibility index (Phi) is 5.58. The van der Waals surface area contributed by atoms with E-state index in [1.807, 2.05) is 6.07 Å². The van der Waals surface area contributed by atoms with Gasteiger partial charge in [0.1, 0.15) is 0 Å². The third kappa shape index (κ3) is 3.74. The zero-order valence-electron chi connectivity index (χ0n) is 16.7. The molecule has 0 aromatic heterocycles. The number of amides is 1. The van der Waals surface area contributed by atoms with Crippen LogP contribution in [0.3, 0.4) is 0 Å². The van der Waals surface area contributed by atoms with Crippen LogP contribution >= 0.6 is 22.6 Å². The number of ether oxygens (including phenoxy) is 1. The molecule has 0 radical (unpaired) electrons. The molecule has 1 N–H and O–H groups in total. The third-order valence-corrected chi connectivity index (χ3v) is 6.29. The average Bonchev–Trinajstić information content (AvgIpc) is 2.96. The quantitative estimate of drug-likeness (QED) is 0.487. The highest BCUT2D eigenvalue weighted by Crippen LogP contribution is 2.46. The first-order valence-corrected chi connectivity index (χ1v) is 13.0. The molecule has 2 aromatic rings. The molecule has 0 unspecified atom stereocenters. The summed E-state index contributed by atoms with van der Waals surface area (Å²) >= 11 is 2.23. The summed E-state index contributed by atoms with van der Waals surface area (Å²) < 4.78 is 13.2. The van der Waals surface area contributed by atoms with Crippen LogP contribution in [-0.4, -0.2) is 22.1 Å². The first kappa shape index (κ1) is 20.2. The van der Waals surface area contributed by atoms with Gasteiger partial charge in [0.25, 0.3) is 5.91 Å². The monoisotopic (exact) mass is 495 g/mol. The van der Waals surface area contributed by atoms with Gasteiger partial charge in [-0.3, -0.25) is 4.79 Å². The van der Waals surface area contributed by atoms with E-state index in [9.17, 15) is 4.79 Å². The van der Waals surface area contributed by atoms with E-state index in [2.05, 4.69) is 80.0 Å². The van der Waals surface area contributed by atoms with Gasteiger partial charge < -0.3 is 14.5 Å². The second-order valence-electron chi connectivity index (χ2n) is 8.07. The number of hydrogen-bond donors (Lipinski definition) is 1. The summed E-state index contributed by atoms with van der Waals surface area (Å²) in [5, 5.41) is 2.95. The lowest BCUT2D eigenvalue weighted by atomic mass is 9.84. The Hall–Kier alpha value is -1.54. The SMILES string of the molecule is COc1c(C(C)(C)C)ccc(-c2ccc(I)c3c2CNC3=O)c1O[SiH](C)C. The van der Waals surface area contributed by atoms with Crippen molar-refractivity contribution in [3.05, 3.63) is 44.5 Å². The third-order valence-electron chi connectivity index (χ3n) is 4.68. The number of fused-ring (bicyclic) bond motifs is 1. The summed E-state index contributed by atoms with van der Waals surface area (Å²) in [7, 11) is 0.328. The number of hydrogen-bond acceptors (Lipinski definition) is 3. The predicted octanol–water partition coefficient (Wildman–Crippen LogP) is 4.87. The first-order chi connectivity index (χ1) is 12.6. The molecule has 6 heteroatoms. The molecule has 0 bridgehead atoms. The van der Waals surface area contributed by atoms with E-state index in [0.717, 1.165) is 42.9 Å². The predicted molar refractivity (Wildman–Crippen MR) is 121 cm³/mol. The lowest BCUT2D eigenvalue weighted by Crippen LogP contribution is -2.17. The maximum absolute atomic E-state index is 12.3. The summed E-state index contributed by atoms with van der Waals surface area (Å²) in [6.45, 7) is 11.4. The molecule has 3 rings (SSSR count). The topological polar surface area (TPSA) is 47.6 Å².